The van der Waals surface area contributed by atoms with Crippen LogP contribution in [0.5, 0.6) is 0 Å². The standard InChI is InChI=1S/C21H23N3O2/c25-15-20-22-17-9-4-5-10-19(17)23(20)14-12-21(26)24-13-6-11-18(24)16-7-2-1-3-8-16/h1-5,7-10,18,25H,6,11-15H2/t18-/m1/s1. The summed E-state index contributed by atoms with van der Waals surface area (Å²) in [5.74, 6) is 0.776. The van der Waals surface area contributed by atoms with Crippen molar-refractivity contribution in [1.82, 2.24) is 14.5 Å². The summed E-state index contributed by atoms with van der Waals surface area (Å²) >= 11 is 0. The second-order valence-electron chi connectivity index (χ2n) is 6.73. The number of benzene rings is 2. The molecule has 1 fully saturated rings. The van der Waals surface area contributed by atoms with Crippen LogP contribution in [0.1, 0.15) is 36.7 Å². The summed E-state index contributed by atoms with van der Waals surface area (Å²) in [6.07, 6.45) is 2.48. The van der Waals surface area contributed by atoms with E-state index in [1.807, 2.05) is 51.9 Å². The van der Waals surface area contributed by atoms with Gasteiger partial charge in [-0.25, -0.2) is 4.98 Å². The highest BCUT2D eigenvalue weighted by atomic mass is 16.3. The van der Waals surface area contributed by atoms with Crippen molar-refractivity contribution in [2.24, 2.45) is 0 Å². The Morgan fingerprint density at radius 3 is 2.69 bits per heavy atom. The minimum atomic E-state index is -0.126. The fraction of sp³-hybridized carbons (Fsp3) is 0.333. The van der Waals surface area contributed by atoms with Crippen LogP contribution in [0.2, 0.25) is 0 Å². The maximum Gasteiger partial charge on any atom is 0.224 e. The highest BCUT2D eigenvalue weighted by molar-refractivity contribution is 5.78. The number of amides is 1. The summed E-state index contributed by atoms with van der Waals surface area (Å²) in [6.45, 7) is 1.22. The van der Waals surface area contributed by atoms with Gasteiger partial charge < -0.3 is 14.6 Å². The first-order valence-electron chi connectivity index (χ1n) is 9.17. The second-order valence-corrected chi connectivity index (χ2v) is 6.73. The number of imidazole rings is 1. The van der Waals surface area contributed by atoms with Gasteiger partial charge in [0, 0.05) is 19.5 Å². The third-order valence-corrected chi connectivity index (χ3v) is 5.18. The van der Waals surface area contributed by atoms with E-state index in [-0.39, 0.29) is 18.6 Å². The van der Waals surface area contributed by atoms with Crippen LogP contribution >= 0.6 is 0 Å². The molecule has 5 nitrogen and oxygen atoms in total. The number of para-hydroxylation sites is 2. The molecule has 3 aromatic rings. The molecule has 4 rings (SSSR count). The van der Waals surface area contributed by atoms with Crippen LogP contribution in [0.3, 0.4) is 0 Å². The van der Waals surface area contributed by atoms with Crippen molar-refractivity contribution in [2.75, 3.05) is 6.54 Å². The first kappa shape index (κ1) is 16.8. The molecule has 1 saturated heterocycles. The van der Waals surface area contributed by atoms with Crippen LogP contribution in [0.4, 0.5) is 0 Å². The molecule has 134 valence electrons. The molecule has 0 aliphatic carbocycles. The molecule has 26 heavy (non-hydrogen) atoms. The predicted octanol–water partition coefficient (Wildman–Crippen LogP) is 3.28. The lowest BCUT2D eigenvalue weighted by Gasteiger charge is -2.25. The molecule has 5 heteroatoms. The number of hydrogen-bond acceptors (Lipinski definition) is 3. The maximum absolute atomic E-state index is 12.9. The number of carbonyl (C=O) groups excluding carboxylic acids is 1. The minimum absolute atomic E-state index is 0.126. The smallest absolute Gasteiger partial charge is 0.224 e. The number of nitrogens with zero attached hydrogens (tertiary/aromatic N) is 3. The number of rotatable bonds is 5. The molecule has 1 amide bonds. The van der Waals surface area contributed by atoms with Crippen molar-refractivity contribution in [3.8, 4) is 0 Å². The lowest BCUT2D eigenvalue weighted by atomic mass is 10.0. The summed E-state index contributed by atoms with van der Waals surface area (Å²) < 4.78 is 1.96. The van der Waals surface area contributed by atoms with Crippen molar-refractivity contribution >= 4 is 16.9 Å². The van der Waals surface area contributed by atoms with Gasteiger partial charge in [-0.3, -0.25) is 4.79 Å². The number of aliphatic hydroxyl groups excluding tert-OH is 1. The van der Waals surface area contributed by atoms with E-state index >= 15 is 0 Å². The molecule has 0 unspecified atom stereocenters. The van der Waals surface area contributed by atoms with Crippen molar-refractivity contribution in [3.63, 3.8) is 0 Å². The topological polar surface area (TPSA) is 58.4 Å². The summed E-state index contributed by atoms with van der Waals surface area (Å²) in [6, 6.07) is 18.2. The molecule has 1 atom stereocenters. The van der Waals surface area contributed by atoms with E-state index in [2.05, 4.69) is 17.1 Å². The zero-order chi connectivity index (χ0) is 17.9. The molecule has 0 spiro atoms. The van der Waals surface area contributed by atoms with Gasteiger partial charge in [0.1, 0.15) is 12.4 Å². The average Bonchev–Trinajstić information content (AvgIpc) is 3.31. The van der Waals surface area contributed by atoms with E-state index in [4.69, 9.17) is 0 Å². The number of aliphatic hydroxyl groups is 1. The number of fused-ring (bicyclic) bond motifs is 1. The normalized spacial score (nSPS) is 17.1. The number of carbonyl (C=O) groups is 1. The Bertz CT molecular complexity index is 904. The first-order chi connectivity index (χ1) is 12.8. The molecule has 0 radical (unpaired) electrons. The zero-order valence-corrected chi connectivity index (χ0v) is 14.7. The molecule has 2 heterocycles. The lowest BCUT2D eigenvalue weighted by molar-refractivity contribution is -0.132. The van der Waals surface area contributed by atoms with Gasteiger partial charge in [0.05, 0.1) is 17.1 Å². The summed E-state index contributed by atoms with van der Waals surface area (Å²) in [7, 11) is 0. The van der Waals surface area contributed by atoms with Crippen LogP contribution in [-0.2, 0) is 17.9 Å². The Morgan fingerprint density at radius 1 is 1.12 bits per heavy atom. The molecule has 1 N–H and O–H groups in total. The van der Waals surface area contributed by atoms with Gasteiger partial charge in [0.25, 0.3) is 0 Å². The SMILES string of the molecule is O=C(CCn1c(CO)nc2ccccc21)N1CCC[C@@H]1c1ccccc1. The largest absolute Gasteiger partial charge is 0.388 e. The molecule has 2 aromatic carbocycles. The molecular weight excluding hydrogens is 326 g/mol. The molecule has 0 bridgehead atoms. The van der Waals surface area contributed by atoms with E-state index < -0.39 is 0 Å². The molecule has 1 aliphatic rings. The number of aromatic nitrogens is 2. The summed E-state index contributed by atoms with van der Waals surface area (Å²) in [5, 5.41) is 9.61. The third kappa shape index (κ3) is 3.10. The summed E-state index contributed by atoms with van der Waals surface area (Å²) in [5.41, 5.74) is 3.03. The van der Waals surface area contributed by atoms with Crippen LogP contribution < -0.4 is 0 Å². The molecule has 1 aromatic heterocycles. The van der Waals surface area contributed by atoms with Gasteiger partial charge in [0.2, 0.25) is 5.91 Å². The molecule has 0 saturated carbocycles. The van der Waals surface area contributed by atoms with E-state index in [9.17, 15) is 9.90 Å². The van der Waals surface area contributed by atoms with Crippen molar-refractivity contribution in [2.45, 2.75) is 38.5 Å². The van der Waals surface area contributed by atoms with Gasteiger partial charge in [-0.05, 0) is 30.5 Å². The molecular formula is C21H23N3O2. The van der Waals surface area contributed by atoms with E-state index in [1.165, 1.54) is 5.56 Å². The zero-order valence-electron chi connectivity index (χ0n) is 14.7. The van der Waals surface area contributed by atoms with Gasteiger partial charge in [-0.15, -0.1) is 0 Å². The Labute approximate surface area is 152 Å². The fourth-order valence-corrected chi connectivity index (χ4v) is 3.93. The first-order valence-corrected chi connectivity index (χ1v) is 9.17. The van der Waals surface area contributed by atoms with Crippen molar-refractivity contribution in [3.05, 3.63) is 66.0 Å². The van der Waals surface area contributed by atoms with Gasteiger partial charge in [0.15, 0.2) is 0 Å². The Balaban J connectivity index is 1.51. The monoisotopic (exact) mass is 349 g/mol. The highest BCUT2D eigenvalue weighted by Gasteiger charge is 2.29. The minimum Gasteiger partial charge on any atom is -0.388 e. The van der Waals surface area contributed by atoms with Crippen LogP contribution in [-0.4, -0.2) is 32.0 Å². The number of likely N-dealkylation sites (tertiary alicyclic amines) is 1. The highest BCUT2D eigenvalue weighted by Crippen LogP contribution is 2.32. The van der Waals surface area contributed by atoms with Gasteiger partial charge in [-0.1, -0.05) is 42.5 Å². The van der Waals surface area contributed by atoms with E-state index in [0.29, 0.717) is 18.8 Å². The quantitative estimate of drug-likeness (QED) is 0.769. The number of hydrogen-bond donors (Lipinski definition) is 1. The third-order valence-electron chi connectivity index (χ3n) is 5.18. The maximum atomic E-state index is 12.9. The van der Waals surface area contributed by atoms with E-state index in [0.717, 1.165) is 30.4 Å². The number of aryl methyl sites for hydroxylation is 1. The fourth-order valence-electron chi connectivity index (χ4n) is 3.93. The Hall–Kier alpha value is -2.66. The van der Waals surface area contributed by atoms with Crippen molar-refractivity contribution < 1.29 is 9.90 Å². The van der Waals surface area contributed by atoms with Crippen molar-refractivity contribution in [1.29, 1.82) is 0 Å². The van der Waals surface area contributed by atoms with Gasteiger partial charge >= 0.3 is 0 Å². The van der Waals surface area contributed by atoms with E-state index in [1.54, 1.807) is 0 Å². The lowest BCUT2D eigenvalue weighted by Crippen LogP contribution is -2.31. The second kappa shape index (κ2) is 7.30. The van der Waals surface area contributed by atoms with Crippen LogP contribution in [0.15, 0.2) is 54.6 Å². The molecule has 1 aliphatic heterocycles. The Morgan fingerprint density at radius 2 is 1.88 bits per heavy atom. The average molecular weight is 349 g/mol. The van der Waals surface area contributed by atoms with Gasteiger partial charge in [-0.2, -0.15) is 0 Å². The predicted molar refractivity (Wildman–Crippen MR) is 100 cm³/mol. The van der Waals surface area contributed by atoms with Crippen LogP contribution in [0.25, 0.3) is 11.0 Å². The Kier molecular flexibility index (Phi) is 4.71. The summed E-state index contributed by atoms with van der Waals surface area (Å²) in [4.78, 5) is 19.4. The van der Waals surface area contributed by atoms with Crippen LogP contribution in [0, 0.1) is 0 Å².